The van der Waals surface area contributed by atoms with E-state index in [-0.39, 0.29) is 6.61 Å². The molecular formula is C16H19IN2O4. The van der Waals surface area contributed by atoms with Crippen LogP contribution in [0.4, 0.5) is 0 Å². The predicted octanol–water partition coefficient (Wildman–Crippen LogP) is 0.973. The van der Waals surface area contributed by atoms with Gasteiger partial charge in [-0.3, -0.25) is 4.79 Å². The van der Waals surface area contributed by atoms with Crippen molar-refractivity contribution in [2.45, 2.75) is 29.7 Å². The van der Waals surface area contributed by atoms with E-state index in [1.54, 1.807) is 22.6 Å². The molecule has 0 aliphatic rings. The number of ether oxygens (including phenoxy) is 2. The summed E-state index contributed by atoms with van der Waals surface area (Å²) in [6.45, 7) is 1.78. The summed E-state index contributed by atoms with van der Waals surface area (Å²) in [4.78, 5) is 23.8. The fourth-order valence-electron chi connectivity index (χ4n) is 1.56. The van der Waals surface area contributed by atoms with Crippen molar-refractivity contribution in [3.8, 4) is 12.3 Å². The first-order valence-electron chi connectivity index (χ1n) is 6.92. The lowest BCUT2D eigenvalue weighted by molar-refractivity contribution is -0.149. The van der Waals surface area contributed by atoms with Gasteiger partial charge in [-0.2, -0.15) is 0 Å². The fraction of sp³-hybridized carbons (Fsp3) is 0.375. The first-order valence-corrected chi connectivity index (χ1v) is 8.17. The van der Waals surface area contributed by atoms with Crippen molar-refractivity contribution in [3.05, 3.63) is 35.9 Å². The molecule has 1 unspecified atom stereocenters. The molecule has 1 rings (SSSR count). The number of hydrogen-bond acceptors (Lipinski definition) is 5. The van der Waals surface area contributed by atoms with Crippen molar-refractivity contribution in [1.29, 1.82) is 0 Å². The third-order valence-corrected chi connectivity index (χ3v) is 3.38. The highest BCUT2D eigenvalue weighted by molar-refractivity contribution is 14.1. The number of benzene rings is 1. The Kier molecular flexibility index (Phi) is 8.61. The summed E-state index contributed by atoms with van der Waals surface area (Å²) in [6.07, 6.45) is 5.17. The van der Waals surface area contributed by atoms with Gasteiger partial charge in [-0.1, -0.05) is 36.3 Å². The summed E-state index contributed by atoms with van der Waals surface area (Å²) in [5, 5.41) is 2.50. The van der Waals surface area contributed by atoms with Gasteiger partial charge in [0, 0.05) is 0 Å². The van der Waals surface area contributed by atoms with Crippen LogP contribution in [0.15, 0.2) is 30.3 Å². The van der Waals surface area contributed by atoms with Crippen LogP contribution in [0, 0.1) is 12.3 Å². The van der Waals surface area contributed by atoms with Gasteiger partial charge in [-0.15, -0.1) is 6.42 Å². The minimum absolute atomic E-state index is 0.0415. The second-order valence-corrected chi connectivity index (χ2v) is 5.90. The average molecular weight is 430 g/mol. The van der Waals surface area contributed by atoms with Crippen LogP contribution in [0.3, 0.4) is 0 Å². The zero-order valence-electron chi connectivity index (χ0n) is 12.7. The average Bonchev–Trinajstić information content (AvgIpc) is 2.54. The molecule has 124 valence electrons. The molecule has 1 aromatic rings. The molecule has 0 saturated heterocycles. The normalized spacial score (nSPS) is 14.2. The molecular weight excluding hydrogens is 411 g/mol. The molecule has 7 heteroatoms. The number of halogens is 1. The van der Waals surface area contributed by atoms with Gasteiger partial charge in [-0.05, 0) is 35.1 Å². The van der Waals surface area contributed by atoms with Crippen molar-refractivity contribution < 1.29 is 19.1 Å². The number of hydrogen-bond donors (Lipinski definition) is 2. The molecule has 0 bridgehead atoms. The highest BCUT2D eigenvalue weighted by atomic mass is 127. The molecule has 0 fully saturated rings. The monoisotopic (exact) mass is 430 g/mol. The number of alkyl halides is 1. The molecule has 0 saturated carbocycles. The van der Waals surface area contributed by atoms with E-state index in [2.05, 4.69) is 11.2 Å². The van der Waals surface area contributed by atoms with E-state index in [9.17, 15) is 9.59 Å². The van der Waals surface area contributed by atoms with Crippen LogP contribution in [0.5, 0.6) is 0 Å². The van der Waals surface area contributed by atoms with Crippen LogP contribution in [0.2, 0.25) is 0 Å². The van der Waals surface area contributed by atoms with Crippen LogP contribution in [0.1, 0.15) is 12.5 Å². The second-order valence-electron chi connectivity index (χ2n) is 4.77. The van der Waals surface area contributed by atoms with E-state index in [0.29, 0.717) is 6.61 Å². The van der Waals surface area contributed by atoms with Crippen molar-refractivity contribution in [2.75, 3.05) is 6.61 Å². The summed E-state index contributed by atoms with van der Waals surface area (Å²) in [5.74, 6) is 1.14. The van der Waals surface area contributed by atoms with E-state index in [1.165, 1.54) is 6.92 Å². The summed E-state index contributed by atoms with van der Waals surface area (Å²) in [6, 6.07) is 7.74. The molecule has 3 atom stereocenters. The molecule has 0 spiro atoms. The maximum Gasteiger partial charge on any atom is 0.332 e. The summed E-state index contributed by atoms with van der Waals surface area (Å²) in [7, 11) is 0. The maximum atomic E-state index is 12.1. The molecule has 1 amide bonds. The lowest BCUT2D eigenvalue weighted by Gasteiger charge is -2.19. The van der Waals surface area contributed by atoms with Crippen LogP contribution < -0.4 is 11.1 Å². The zero-order valence-corrected chi connectivity index (χ0v) is 14.9. The molecule has 0 heterocycles. The summed E-state index contributed by atoms with van der Waals surface area (Å²) in [5.41, 5.74) is 6.45. The Morgan fingerprint density at radius 2 is 2.04 bits per heavy atom. The Balaban J connectivity index is 2.61. The van der Waals surface area contributed by atoms with Gasteiger partial charge in [0.25, 0.3) is 0 Å². The van der Waals surface area contributed by atoms with Gasteiger partial charge in [-0.25, -0.2) is 4.79 Å². The molecule has 0 aromatic heterocycles. The first kappa shape index (κ1) is 19.4. The third kappa shape index (κ3) is 7.45. The smallest absolute Gasteiger partial charge is 0.332 e. The predicted molar refractivity (Wildman–Crippen MR) is 94.4 cm³/mol. The van der Waals surface area contributed by atoms with E-state index in [1.807, 2.05) is 30.3 Å². The standard InChI is InChI=1S/C16H19IN2O4/c1-3-14(17)23-16(21)13(19-15(20)11(2)18)10-22-9-12-7-5-4-6-8-12/h1,4-8,11,13-14H,9-10,18H2,2H3,(H,19,20)/t11-,13-,14?/m0/s1. The van der Waals surface area contributed by atoms with Crippen LogP contribution in [0.25, 0.3) is 0 Å². The maximum absolute atomic E-state index is 12.1. The van der Waals surface area contributed by atoms with Crippen LogP contribution in [-0.2, 0) is 25.7 Å². The first-order chi connectivity index (χ1) is 10.9. The Labute approximate surface area is 149 Å². The van der Waals surface area contributed by atoms with Crippen molar-refractivity contribution in [2.24, 2.45) is 5.73 Å². The Morgan fingerprint density at radius 3 is 2.61 bits per heavy atom. The summed E-state index contributed by atoms with van der Waals surface area (Å²) < 4.78 is 9.79. The number of carbonyl (C=O) groups excluding carboxylic acids is 2. The van der Waals surface area contributed by atoms with Gasteiger partial charge in [0.1, 0.15) is 0 Å². The van der Waals surface area contributed by atoms with E-state index < -0.39 is 28.1 Å². The number of nitrogens with one attached hydrogen (secondary N) is 1. The minimum atomic E-state index is -0.970. The fourth-order valence-corrected chi connectivity index (χ4v) is 1.81. The minimum Gasteiger partial charge on any atom is -0.438 e. The molecule has 0 aliphatic carbocycles. The number of terminal acetylenes is 1. The molecule has 1 aromatic carbocycles. The highest BCUT2D eigenvalue weighted by Gasteiger charge is 2.25. The van der Waals surface area contributed by atoms with Crippen molar-refractivity contribution in [1.82, 2.24) is 5.32 Å². The number of rotatable bonds is 8. The molecule has 0 radical (unpaired) electrons. The van der Waals surface area contributed by atoms with Crippen LogP contribution in [-0.4, -0.2) is 34.7 Å². The lowest BCUT2D eigenvalue weighted by Crippen LogP contribution is -2.50. The third-order valence-electron chi connectivity index (χ3n) is 2.76. The quantitative estimate of drug-likeness (QED) is 0.278. The largest absolute Gasteiger partial charge is 0.438 e. The van der Waals surface area contributed by atoms with Gasteiger partial charge in [0.2, 0.25) is 10.0 Å². The zero-order chi connectivity index (χ0) is 17.2. The second kappa shape index (κ2) is 10.2. The number of amides is 1. The Morgan fingerprint density at radius 1 is 1.39 bits per heavy atom. The molecule has 6 nitrogen and oxygen atoms in total. The van der Waals surface area contributed by atoms with E-state index >= 15 is 0 Å². The van der Waals surface area contributed by atoms with Gasteiger partial charge in [0.05, 0.1) is 19.3 Å². The van der Waals surface area contributed by atoms with Crippen molar-refractivity contribution in [3.63, 3.8) is 0 Å². The van der Waals surface area contributed by atoms with E-state index in [0.717, 1.165) is 5.56 Å². The van der Waals surface area contributed by atoms with Gasteiger partial charge >= 0.3 is 5.97 Å². The summed E-state index contributed by atoms with van der Waals surface area (Å²) >= 11 is 1.79. The van der Waals surface area contributed by atoms with Crippen LogP contribution >= 0.6 is 22.6 Å². The molecule has 3 N–H and O–H groups in total. The molecule has 23 heavy (non-hydrogen) atoms. The van der Waals surface area contributed by atoms with Crippen molar-refractivity contribution >= 4 is 34.5 Å². The Bertz CT molecular complexity index is 557. The topological polar surface area (TPSA) is 90.6 Å². The van der Waals surface area contributed by atoms with E-state index in [4.69, 9.17) is 21.6 Å². The highest BCUT2D eigenvalue weighted by Crippen LogP contribution is 2.05. The van der Waals surface area contributed by atoms with Gasteiger partial charge < -0.3 is 20.5 Å². The molecule has 0 aliphatic heterocycles. The lowest BCUT2D eigenvalue weighted by atomic mass is 10.2. The number of nitrogens with two attached hydrogens (primary N) is 1. The van der Waals surface area contributed by atoms with Gasteiger partial charge in [0.15, 0.2) is 6.04 Å². The Hall–Kier alpha value is -1.63. The SMILES string of the molecule is C#CC(I)OC(=O)[C@H](COCc1ccccc1)NC(=O)[C@H](C)N. The number of carbonyl (C=O) groups is 2. The number of esters is 1.